The molecule has 3 N–H and O–H groups in total. The van der Waals surface area contributed by atoms with Gasteiger partial charge in [0.05, 0.1) is 11.8 Å². The summed E-state index contributed by atoms with van der Waals surface area (Å²) in [6.45, 7) is 3.76. The van der Waals surface area contributed by atoms with Gasteiger partial charge in [-0.3, -0.25) is 5.84 Å². The molecule has 0 aromatic heterocycles. The third-order valence-corrected chi connectivity index (χ3v) is 1.47. The quantitative estimate of drug-likeness (QED) is 0.557. The molecule has 0 heterocycles. The van der Waals surface area contributed by atoms with Crippen LogP contribution in [0, 0.1) is 5.82 Å². The number of nitrogens with two attached hydrogens (primary N) is 1. The molecule has 13 heavy (non-hydrogen) atoms. The Bertz CT molecular complexity index is 289. The van der Waals surface area contributed by atoms with Crippen molar-refractivity contribution in [2.75, 3.05) is 5.43 Å². The Balaban J connectivity index is 2.83. The van der Waals surface area contributed by atoms with Gasteiger partial charge in [0.2, 0.25) is 0 Å². The summed E-state index contributed by atoms with van der Waals surface area (Å²) in [7, 11) is 0. The largest absolute Gasteiger partial charge is 0.491 e. The van der Waals surface area contributed by atoms with Crippen LogP contribution in [0.3, 0.4) is 0 Å². The molecule has 0 spiro atoms. The topological polar surface area (TPSA) is 47.3 Å². The first kappa shape index (κ1) is 9.80. The highest BCUT2D eigenvalue weighted by Gasteiger charge is 2.03. The fraction of sp³-hybridized carbons (Fsp3) is 0.333. The van der Waals surface area contributed by atoms with Crippen molar-refractivity contribution in [3.8, 4) is 5.75 Å². The van der Waals surface area contributed by atoms with Crippen LogP contribution in [0.25, 0.3) is 0 Å². The third kappa shape index (κ3) is 2.59. The molecule has 0 aliphatic rings. The number of hydrazine groups is 1. The van der Waals surface area contributed by atoms with Gasteiger partial charge in [-0.05, 0) is 26.0 Å². The molecule has 0 aliphatic carbocycles. The predicted octanol–water partition coefficient (Wildman–Crippen LogP) is 1.90. The number of rotatable bonds is 3. The maximum Gasteiger partial charge on any atom is 0.151 e. The summed E-state index contributed by atoms with van der Waals surface area (Å²) >= 11 is 0. The van der Waals surface area contributed by atoms with Gasteiger partial charge in [0.25, 0.3) is 0 Å². The highest BCUT2D eigenvalue weighted by molar-refractivity contribution is 5.46. The van der Waals surface area contributed by atoms with E-state index in [2.05, 4.69) is 5.43 Å². The van der Waals surface area contributed by atoms with Crippen molar-refractivity contribution in [2.24, 2.45) is 5.84 Å². The molecule has 3 nitrogen and oxygen atoms in total. The SMILES string of the molecule is CC(C)Oc1ccc(NN)c(F)c1. The minimum atomic E-state index is -0.416. The summed E-state index contributed by atoms with van der Waals surface area (Å²) in [6, 6.07) is 4.50. The number of anilines is 1. The van der Waals surface area contributed by atoms with Crippen LogP contribution in [-0.2, 0) is 0 Å². The molecule has 1 aromatic rings. The number of halogens is 1. The second-order valence-corrected chi connectivity index (χ2v) is 2.95. The zero-order valence-corrected chi connectivity index (χ0v) is 7.67. The van der Waals surface area contributed by atoms with Crippen molar-refractivity contribution < 1.29 is 9.13 Å². The van der Waals surface area contributed by atoms with E-state index in [1.165, 1.54) is 12.1 Å². The van der Waals surface area contributed by atoms with Crippen molar-refractivity contribution >= 4 is 5.69 Å². The van der Waals surface area contributed by atoms with Crippen molar-refractivity contribution in [2.45, 2.75) is 20.0 Å². The fourth-order valence-electron chi connectivity index (χ4n) is 0.958. The molecular formula is C9H13FN2O. The molecule has 1 rings (SSSR count). The van der Waals surface area contributed by atoms with Crippen LogP contribution in [0.1, 0.15) is 13.8 Å². The van der Waals surface area contributed by atoms with E-state index in [0.717, 1.165) is 0 Å². The van der Waals surface area contributed by atoms with Gasteiger partial charge in [-0.2, -0.15) is 0 Å². The van der Waals surface area contributed by atoms with Gasteiger partial charge in [-0.25, -0.2) is 4.39 Å². The Morgan fingerprint density at radius 2 is 2.15 bits per heavy atom. The summed E-state index contributed by atoms with van der Waals surface area (Å²) < 4.78 is 18.4. The summed E-state index contributed by atoms with van der Waals surface area (Å²) in [5.74, 6) is 5.16. The first-order valence-corrected chi connectivity index (χ1v) is 4.06. The van der Waals surface area contributed by atoms with Crippen LogP contribution >= 0.6 is 0 Å². The molecule has 0 atom stereocenters. The monoisotopic (exact) mass is 184 g/mol. The van der Waals surface area contributed by atoms with E-state index < -0.39 is 5.82 Å². The van der Waals surface area contributed by atoms with Gasteiger partial charge >= 0.3 is 0 Å². The molecule has 0 radical (unpaired) electrons. The fourth-order valence-corrected chi connectivity index (χ4v) is 0.958. The molecule has 0 amide bonds. The van der Waals surface area contributed by atoms with Crippen molar-refractivity contribution in [3.05, 3.63) is 24.0 Å². The van der Waals surface area contributed by atoms with E-state index in [9.17, 15) is 4.39 Å². The van der Waals surface area contributed by atoms with Crippen molar-refractivity contribution in [1.29, 1.82) is 0 Å². The van der Waals surface area contributed by atoms with E-state index in [-0.39, 0.29) is 11.8 Å². The first-order valence-electron chi connectivity index (χ1n) is 4.06. The Labute approximate surface area is 76.7 Å². The Kier molecular flexibility index (Phi) is 3.08. The van der Waals surface area contributed by atoms with Crippen LogP contribution < -0.4 is 16.0 Å². The lowest BCUT2D eigenvalue weighted by atomic mass is 10.3. The summed E-state index contributed by atoms with van der Waals surface area (Å²) in [5, 5.41) is 0. The maximum absolute atomic E-state index is 13.1. The summed E-state index contributed by atoms with van der Waals surface area (Å²) in [4.78, 5) is 0. The third-order valence-electron chi connectivity index (χ3n) is 1.47. The van der Waals surface area contributed by atoms with Crippen LogP contribution in [0.4, 0.5) is 10.1 Å². The highest BCUT2D eigenvalue weighted by atomic mass is 19.1. The number of nitrogen functional groups attached to an aromatic ring is 1. The van der Waals surface area contributed by atoms with E-state index in [1.807, 2.05) is 13.8 Å². The van der Waals surface area contributed by atoms with Crippen molar-refractivity contribution in [3.63, 3.8) is 0 Å². The number of hydrogen-bond acceptors (Lipinski definition) is 3. The lowest BCUT2D eigenvalue weighted by molar-refractivity contribution is 0.241. The number of hydrogen-bond donors (Lipinski definition) is 2. The van der Waals surface area contributed by atoms with E-state index >= 15 is 0 Å². The second kappa shape index (κ2) is 4.09. The van der Waals surface area contributed by atoms with E-state index in [0.29, 0.717) is 5.75 Å². The van der Waals surface area contributed by atoms with Gasteiger partial charge in [-0.1, -0.05) is 0 Å². The van der Waals surface area contributed by atoms with Crippen LogP contribution in [0.2, 0.25) is 0 Å². The van der Waals surface area contributed by atoms with Gasteiger partial charge < -0.3 is 10.2 Å². The lowest BCUT2D eigenvalue weighted by Gasteiger charge is -2.10. The summed E-state index contributed by atoms with van der Waals surface area (Å²) in [6.07, 6.45) is 0.0380. The Morgan fingerprint density at radius 3 is 2.62 bits per heavy atom. The molecule has 0 fully saturated rings. The Morgan fingerprint density at radius 1 is 1.46 bits per heavy atom. The molecule has 0 saturated heterocycles. The zero-order chi connectivity index (χ0) is 9.84. The Hall–Kier alpha value is -1.29. The van der Waals surface area contributed by atoms with Gasteiger partial charge in [0.1, 0.15) is 5.75 Å². The van der Waals surface area contributed by atoms with E-state index in [4.69, 9.17) is 10.6 Å². The highest BCUT2D eigenvalue weighted by Crippen LogP contribution is 2.20. The van der Waals surface area contributed by atoms with E-state index in [1.54, 1.807) is 6.07 Å². The average Bonchev–Trinajstić information content (AvgIpc) is 2.03. The maximum atomic E-state index is 13.1. The smallest absolute Gasteiger partial charge is 0.151 e. The van der Waals surface area contributed by atoms with Gasteiger partial charge in [0.15, 0.2) is 5.82 Å². The number of nitrogens with one attached hydrogen (secondary N) is 1. The summed E-state index contributed by atoms with van der Waals surface area (Å²) in [5.41, 5.74) is 2.51. The van der Waals surface area contributed by atoms with Crippen LogP contribution in [0.5, 0.6) is 5.75 Å². The normalized spacial score (nSPS) is 10.2. The molecule has 1 aromatic carbocycles. The molecule has 4 heteroatoms. The molecule has 0 aliphatic heterocycles. The number of benzene rings is 1. The van der Waals surface area contributed by atoms with Gasteiger partial charge in [-0.15, -0.1) is 0 Å². The van der Waals surface area contributed by atoms with Gasteiger partial charge in [0, 0.05) is 6.07 Å². The zero-order valence-electron chi connectivity index (χ0n) is 7.67. The average molecular weight is 184 g/mol. The molecule has 0 saturated carbocycles. The molecule has 0 unspecified atom stereocenters. The van der Waals surface area contributed by atoms with Crippen LogP contribution in [-0.4, -0.2) is 6.10 Å². The lowest BCUT2D eigenvalue weighted by Crippen LogP contribution is -2.09. The second-order valence-electron chi connectivity index (χ2n) is 2.95. The molecule has 72 valence electrons. The predicted molar refractivity (Wildman–Crippen MR) is 50.0 cm³/mol. The minimum Gasteiger partial charge on any atom is -0.491 e. The molecular weight excluding hydrogens is 171 g/mol. The first-order chi connectivity index (χ1) is 6.13. The standard InChI is InChI=1S/C9H13FN2O/c1-6(2)13-7-3-4-9(12-11)8(10)5-7/h3-6,12H,11H2,1-2H3. The van der Waals surface area contributed by atoms with Crippen molar-refractivity contribution in [1.82, 2.24) is 0 Å². The molecule has 0 bridgehead atoms. The number of ether oxygens (including phenoxy) is 1. The van der Waals surface area contributed by atoms with Crippen LogP contribution in [0.15, 0.2) is 18.2 Å². The minimum absolute atomic E-state index is 0.0380.